The number of piperidine rings is 1. The smallest absolute Gasteiger partial charge is 0.416 e. The maximum absolute atomic E-state index is 13.9. The molecule has 1 N–H and O–H groups in total. The molecule has 15 heteroatoms. The van der Waals surface area contributed by atoms with Crippen molar-refractivity contribution in [1.29, 1.82) is 5.26 Å². The van der Waals surface area contributed by atoms with E-state index in [4.69, 9.17) is 9.47 Å². The monoisotopic (exact) mass is 683 g/mol. The molecule has 0 spiro atoms. The summed E-state index contributed by atoms with van der Waals surface area (Å²) in [6.45, 7) is 0.108. The summed E-state index contributed by atoms with van der Waals surface area (Å²) in [6.07, 6.45) is -11.8. The minimum absolute atomic E-state index is 0.0174. The maximum Gasteiger partial charge on any atom is 0.416 e. The number of nitriles is 1. The van der Waals surface area contributed by atoms with E-state index < -0.39 is 75.5 Å². The topological polar surface area (TPSA) is 109 Å². The van der Waals surface area contributed by atoms with E-state index in [-0.39, 0.29) is 25.5 Å². The van der Waals surface area contributed by atoms with E-state index in [1.165, 1.54) is 6.92 Å². The van der Waals surface area contributed by atoms with Gasteiger partial charge in [-0.2, -0.15) is 36.3 Å². The van der Waals surface area contributed by atoms with Crippen molar-refractivity contribution in [3.8, 4) is 6.07 Å². The summed E-state index contributed by atoms with van der Waals surface area (Å²) in [5.74, 6) is 0. The quantitative estimate of drug-likeness (QED) is 0.245. The highest BCUT2D eigenvalue weighted by atomic mass is 32.2. The van der Waals surface area contributed by atoms with Gasteiger partial charge in [0.25, 0.3) is 0 Å². The summed E-state index contributed by atoms with van der Waals surface area (Å²) in [6, 6.07) is 20.0. The minimum atomic E-state index is -5.07. The molecule has 0 aliphatic carbocycles. The van der Waals surface area contributed by atoms with Crippen LogP contribution in [0.2, 0.25) is 0 Å². The van der Waals surface area contributed by atoms with Gasteiger partial charge in [-0.25, -0.2) is 13.2 Å². The number of rotatable bonds is 9. The summed E-state index contributed by atoms with van der Waals surface area (Å²) in [5.41, 5.74) is -5.62. The lowest BCUT2D eigenvalue weighted by atomic mass is 9.75. The lowest BCUT2D eigenvalue weighted by Crippen LogP contribution is -2.66. The number of likely N-dealkylation sites (tertiary alicyclic amines) is 1. The van der Waals surface area contributed by atoms with Crippen molar-refractivity contribution in [3.63, 3.8) is 0 Å². The van der Waals surface area contributed by atoms with Crippen LogP contribution in [0, 0.1) is 11.3 Å². The highest BCUT2D eigenvalue weighted by molar-refractivity contribution is 7.88. The predicted octanol–water partition coefficient (Wildman–Crippen LogP) is 6.94. The van der Waals surface area contributed by atoms with E-state index in [9.17, 15) is 44.8 Å². The third kappa shape index (κ3) is 8.62. The number of carbonyl (C=O) groups excluding carboxylic acids is 1. The average Bonchev–Trinajstić information content (AvgIpc) is 3.02. The van der Waals surface area contributed by atoms with Gasteiger partial charge in [0.2, 0.25) is 10.0 Å². The number of amides is 1. The molecule has 3 aromatic carbocycles. The number of nitrogens with one attached hydrogen (secondary N) is 1. The van der Waals surface area contributed by atoms with Gasteiger partial charge in [0.05, 0.1) is 48.2 Å². The van der Waals surface area contributed by atoms with Gasteiger partial charge in [0.15, 0.2) is 0 Å². The van der Waals surface area contributed by atoms with E-state index in [1.54, 1.807) is 60.7 Å². The molecule has 8 nitrogen and oxygen atoms in total. The molecule has 0 saturated carbocycles. The highest BCUT2D eigenvalue weighted by Gasteiger charge is 2.53. The van der Waals surface area contributed by atoms with Crippen LogP contribution < -0.4 is 4.72 Å². The van der Waals surface area contributed by atoms with Crippen LogP contribution in [-0.2, 0) is 44.0 Å². The Balaban J connectivity index is 1.76. The van der Waals surface area contributed by atoms with Crippen molar-refractivity contribution >= 4 is 16.1 Å². The fraction of sp³-hybridized carbons (Fsp3) is 0.375. The zero-order chi connectivity index (χ0) is 34.7. The molecule has 0 unspecified atom stereocenters. The van der Waals surface area contributed by atoms with E-state index in [2.05, 4.69) is 4.72 Å². The minimum Gasteiger partial charge on any atom is -0.445 e. The third-order valence-corrected chi connectivity index (χ3v) is 8.65. The molecule has 3 aromatic rings. The van der Waals surface area contributed by atoms with Crippen molar-refractivity contribution in [1.82, 2.24) is 9.62 Å². The first-order valence-electron chi connectivity index (χ1n) is 14.2. The molecule has 4 rings (SSSR count). The Morgan fingerprint density at radius 1 is 0.957 bits per heavy atom. The molecule has 1 saturated heterocycles. The zero-order valence-electron chi connectivity index (χ0n) is 25.2. The number of carbonyl (C=O) groups is 1. The van der Waals surface area contributed by atoms with Crippen LogP contribution in [0.25, 0.3) is 0 Å². The van der Waals surface area contributed by atoms with Gasteiger partial charge < -0.3 is 9.47 Å². The second-order valence-corrected chi connectivity index (χ2v) is 13.1. The molecule has 47 heavy (non-hydrogen) atoms. The van der Waals surface area contributed by atoms with Crippen molar-refractivity contribution in [2.24, 2.45) is 0 Å². The molecule has 1 aliphatic heterocycles. The van der Waals surface area contributed by atoms with Gasteiger partial charge in [-0.1, -0.05) is 60.7 Å². The summed E-state index contributed by atoms with van der Waals surface area (Å²) < 4.78 is 120. The van der Waals surface area contributed by atoms with Crippen LogP contribution in [-0.4, -0.2) is 44.4 Å². The summed E-state index contributed by atoms with van der Waals surface area (Å²) in [7, 11) is -3.96. The molecule has 0 bridgehead atoms. The van der Waals surface area contributed by atoms with Crippen LogP contribution in [0.1, 0.15) is 53.7 Å². The van der Waals surface area contributed by atoms with Gasteiger partial charge in [-0.3, -0.25) is 4.90 Å². The molecule has 1 aliphatic rings. The molecule has 3 atom stereocenters. The number of alkyl halides is 6. The largest absolute Gasteiger partial charge is 0.445 e. The zero-order valence-corrected chi connectivity index (χ0v) is 26.0. The Bertz CT molecular complexity index is 1680. The number of nitrogens with zero attached hydrogens (tertiary/aromatic N) is 2. The first-order valence-corrected chi connectivity index (χ1v) is 16.1. The van der Waals surface area contributed by atoms with Crippen LogP contribution in [0.5, 0.6) is 0 Å². The van der Waals surface area contributed by atoms with Gasteiger partial charge in [-0.15, -0.1) is 0 Å². The molecule has 0 aromatic heterocycles. The van der Waals surface area contributed by atoms with Crippen LogP contribution in [0.3, 0.4) is 0 Å². The standard InChI is InChI=1S/C32H31F6N3O5S/c1-22(24-15-26(31(33,34)35)17-27(16-24)32(36,37)38)46-21-30(25-11-7-4-8-12-25)14-13-29(19-39,40-47(2,43)44)20-41(30)28(42)45-18-23-9-5-3-6-10-23/h3-12,15-17,22,40H,13-14,18,20-21H2,1-2H3/t22-,29+,30-/m1/s1. The van der Waals surface area contributed by atoms with Crippen molar-refractivity contribution in [2.75, 3.05) is 19.4 Å². The number of hydrogen-bond acceptors (Lipinski definition) is 6. The molecule has 1 heterocycles. The summed E-state index contributed by atoms with van der Waals surface area (Å²) in [5, 5.41) is 10.1. The number of sulfonamides is 1. The Labute approximate surface area is 267 Å². The van der Waals surface area contributed by atoms with E-state index in [0.717, 1.165) is 11.2 Å². The second-order valence-electron chi connectivity index (χ2n) is 11.4. The van der Waals surface area contributed by atoms with E-state index >= 15 is 0 Å². The van der Waals surface area contributed by atoms with Crippen molar-refractivity contribution in [3.05, 3.63) is 107 Å². The Kier molecular flexibility index (Phi) is 10.3. The maximum atomic E-state index is 13.9. The molecular formula is C32H31F6N3O5S. The first-order chi connectivity index (χ1) is 21.9. The van der Waals surface area contributed by atoms with Crippen molar-refractivity contribution < 1.29 is 49.0 Å². The highest BCUT2D eigenvalue weighted by Crippen LogP contribution is 2.44. The van der Waals surface area contributed by atoms with E-state index in [1.807, 2.05) is 6.07 Å². The van der Waals surface area contributed by atoms with E-state index in [0.29, 0.717) is 23.3 Å². The molecule has 1 amide bonds. The third-order valence-electron chi connectivity index (χ3n) is 7.89. The molecular weight excluding hydrogens is 652 g/mol. The Morgan fingerprint density at radius 3 is 2.02 bits per heavy atom. The van der Waals surface area contributed by atoms with Gasteiger partial charge in [0, 0.05) is 0 Å². The number of hydrogen-bond donors (Lipinski definition) is 1. The molecule has 252 valence electrons. The summed E-state index contributed by atoms with van der Waals surface area (Å²) >= 11 is 0. The SMILES string of the molecule is C[C@@H](OC[C@@]1(c2ccccc2)CC[C@@](C#N)(NS(C)(=O)=O)CN1C(=O)OCc1ccccc1)c1cc(C(F)(F)F)cc(C(F)(F)F)c1. The van der Waals surface area contributed by atoms with Gasteiger partial charge in [-0.05, 0) is 54.7 Å². The van der Waals surface area contributed by atoms with Gasteiger partial charge in [0.1, 0.15) is 12.1 Å². The van der Waals surface area contributed by atoms with Crippen LogP contribution in [0.4, 0.5) is 31.1 Å². The Hall–Kier alpha value is -4.13. The lowest BCUT2D eigenvalue weighted by Gasteiger charge is -2.51. The number of halogens is 6. The van der Waals surface area contributed by atoms with Crippen molar-refractivity contribution in [2.45, 2.75) is 55.9 Å². The number of ether oxygens (including phenoxy) is 2. The fourth-order valence-corrected chi connectivity index (χ4v) is 6.42. The first kappa shape index (κ1) is 35.7. The predicted molar refractivity (Wildman–Crippen MR) is 158 cm³/mol. The van der Waals surface area contributed by atoms with Crippen LogP contribution in [0.15, 0.2) is 78.9 Å². The number of benzene rings is 3. The molecule has 0 radical (unpaired) electrons. The van der Waals surface area contributed by atoms with Gasteiger partial charge >= 0.3 is 18.4 Å². The average molecular weight is 684 g/mol. The molecule has 1 fully saturated rings. The normalized spacial score (nSPS) is 21.1. The lowest BCUT2D eigenvalue weighted by molar-refractivity contribution is -0.143. The fourth-order valence-electron chi connectivity index (χ4n) is 5.50. The Morgan fingerprint density at radius 2 is 1.51 bits per heavy atom. The summed E-state index contributed by atoms with van der Waals surface area (Å²) in [4.78, 5) is 15.0. The second kappa shape index (κ2) is 13.5. The van der Waals surface area contributed by atoms with Crippen LogP contribution >= 0.6 is 0 Å².